The first-order valence-corrected chi connectivity index (χ1v) is 10.4. The van der Waals surface area contributed by atoms with Crippen molar-refractivity contribution < 1.29 is 17.9 Å². The van der Waals surface area contributed by atoms with Crippen LogP contribution in [0.3, 0.4) is 0 Å². The lowest BCUT2D eigenvalue weighted by molar-refractivity contribution is -0.121. The highest BCUT2D eigenvalue weighted by molar-refractivity contribution is 7.89. The average molecular weight is 399 g/mol. The van der Waals surface area contributed by atoms with Crippen molar-refractivity contribution in [1.82, 2.24) is 9.21 Å². The van der Waals surface area contributed by atoms with E-state index < -0.39 is 10.0 Å². The molecule has 0 bridgehead atoms. The number of anilines is 2. The van der Waals surface area contributed by atoms with Gasteiger partial charge in [-0.25, -0.2) is 12.7 Å². The van der Waals surface area contributed by atoms with Crippen molar-refractivity contribution >= 4 is 27.3 Å². The Kier molecular flexibility index (Phi) is 6.85. The highest BCUT2D eigenvalue weighted by atomic mass is 32.2. The molecule has 1 amide bonds. The second-order valence-corrected chi connectivity index (χ2v) is 9.51. The van der Waals surface area contributed by atoms with Crippen molar-refractivity contribution in [2.75, 3.05) is 58.0 Å². The summed E-state index contributed by atoms with van der Waals surface area (Å²) in [6.45, 7) is 5.58. The first-order chi connectivity index (χ1) is 12.5. The molecule has 0 radical (unpaired) electrons. The van der Waals surface area contributed by atoms with Crippen molar-refractivity contribution in [1.29, 1.82) is 0 Å². The van der Waals surface area contributed by atoms with Crippen LogP contribution in [0.5, 0.6) is 0 Å². The van der Waals surface area contributed by atoms with Gasteiger partial charge in [-0.05, 0) is 32.0 Å². The molecule has 2 unspecified atom stereocenters. The Balaban J connectivity index is 2.21. The minimum atomic E-state index is -3.58. The first kappa shape index (κ1) is 21.6. The molecule has 8 nitrogen and oxygen atoms in total. The molecule has 27 heavy (non-hydrogen) atoms. The maximum atomic E-state index is 12.6. The molecule has 1 N–H and O–H groups in total. The smallest absolute Gasteiger partial charge is 0.242 e. The number of benzene rings is 1. The lowest BCUT2D eigenvalue weighted by atomic mass is 10.2. The molecule has 1 aromatic rings. The van der Waals surface area contributed by atoms with Crippen LogP contribution in [0.25, 0.3) is 0 Å². The van der Waals surface area contributed by atoms with Gasteiger partial charge in [-0.3, -0.25) is 9.69 Å². The Labute approximate surface area is 162 Å². The topological polar surface area (TPSA) is 82.2 Å². The van der Waals surface area contributed by atoms with Crippen LogP contribution in [0.15, 0.2) is 23.1 Å². The van der Waals surface area contributed by atoms with Crippen molar-refractivity contribution in [2.24, 2.45) is 0 Å². The van der Waals surface area contributed by atoms with Crippen LogP contribution in [0.4, 0.5) is 11.4 Å². The van der Waals surface area contributed by atoms with E-state index in [2.05, 4.69) is 5.32 Å². The van der Waals surface area contributed by atoms with Crippen molar-refractivity contribution in [3.63, 3.8) is 0 Å². The van der Waals surface area contributed by atoms with E-state index in [1.165, 1.54) is 20.2 Å². The summed E-state index contributed by atoms with van der Waals surface area (Å²) in [5.74, 6) is -0.182. The lowest BCUT2D eigenvalue weighted by Gasteiger charge is -2.34. The van der Waals surface area contributed by atoms with Gasteiger partial charge < -0.3 is 15.0 Å². The maximum Gasteiger partial charge on any atom is 0.242 e. The molecule has 1 saturated heterocycles. The molecule has 0 aromatic heterocycles. The second kappa shape index (κ2) is 8.55. The molecule has 0 saturated carbocycles. The van der Waals surface area contributed by atoms with Gasteiger partial charge in [0.1, 0.15) is 0 Å². The number of morpholine rings is 1. The Hall–Kier alpha value is -1.68. The minimum Gasteiger partial charge on any atom is -0.376 e. The van der Waals surface area contributed by atoms with E-state index in [0.717, 1.165) is 9.99 Å². The molecule has 152 valence electrons. The van der Waals surface area contributed by atoms with Crippen molar-refractivity contribution in [2.45, 2.75) is 31.0 Å². The SMILES string of the molecule is CC1CN(CC(=O)Nc2cc(S(=O)(=O)N(C)C)ccc2N(C)C)CC(C)O1. The van der Waals surface area contributed by atoms with Gasteiger partial charge >= 0.3 is 0 Å². The Morgan fingerprint density at radius 3 is 2.30 bits per heavy atom. The summed E-state index contributed by atoms with van der Waals surface area (Å²) in [5, 5.41) is 2.87. The number of ether oxygens (including phenoxy) is 1. The van der Waals surface area contributed by atoms with Crippen molar-refractivity contribution in [3.05, 3.63) is 18.2 Å². The Morgan fingerprint density at radius 2 is 1.78 bits per heavy atom. The van der Waals surface area contributed by atoms with Crippen LogP contribution in [0.1, 0.15) is 13.8 Å². The summed E-state index contributed by atoms with van der Waals surface area (Å²) < 4.78 is 31.7. The van der Waals surface area contributed by atoms with Crippen LogP contribution in [0.2, 0.25) is 0 Å². The summed E-state index contributed by atoms with van der Waals surface area (Å²) in [7, 11) is 3.07. The van der Waals surface area contributed by atoms with Crippen molar-refractivity contribution in [3.8, 4) is 0 Å². The summed E-state index contributed by atoms with van der Waals surface area (Å²) in [6, 6.07) is 4.75. The summed E-state index contributed by atoms with van der Waals surface area (Å²) in [6.07, 6.45) is 0.153. The zero-order valence-corrected chi connectivity index (χ0v) is 17.7. The zero-order valence-electron chi connectivity index (χ0n) is 16.9. The minimum absolute atomic E-state index is 0.0763. The van der Waals surface area contributed by atoms with Crippen LogP contribution >= 0.6 is 0 Å². The van der Waals surface area contributed by atoms with E-state index in [0.29, 0.717) is 18.8 Å². The number of nitrogens with one attached hydrogen (secondary N) is 1. The van der Waals surface area contributed by atoms with Gasteiger partial charge in [-0.1, -0.05) is 0 Å². The van der Waals surface area contributed by atoms with Crippen LogP contribution in [-0.2, 0) is 19.6 Å². The fourth-order valence-corrected chi connectivity index (χ4v) is 4.11. The van der Waals surface area contributed by atoms with Gasteiger partial charge in [-0.15, -0.1) is 0 Å². The molecule has 1 aliphatic heterocycles. The second-order valence-electron chi connectivity index (χ2n) is 7.36. The number of hydrogen-bond acceptors (Lipinski definition) is 6. The number of nitrogens with zero attached hydrogens (tertiary/aromatic N) is 3. The van der Waals surface area contributed by atoms with Gasteiger partial charge in [0, 0.05) is 41.3 Å². The molecule has 2 rings (SSSR count). The largest absolute Gasteiger partial charge is 0.376 e. The summed E-state index contributed by atoms with van der Waals surface area (Å²) >= 11 is 0. The van der Waals surface area contributed by atoms with Gasteiger partial charge in [0.2, 0.25) is 15.9 Å². The highest BCUT2D eigenvalue weighted by Crippen LogP contribution is 2.28. The predicted molar refractivity (Wildman–Crippen MR) is 107 cm³/mol. The fraction of sp³-hybridized carbons (Fsp3) is 0.611. The normalized spacial score (nSPS) is 21.3. The number of carbonyl (C=O) groups excluding carboxylic acids is 1. The molecule has 9 heteroatoms. The predicted octanol–water partition coefficient (Wildman–Crippen LogP) is 1.05. The molecule has 0 aliphatic carbocycles. The molecule has 1 aliphatic rings. The third-order valence-electron chi connectivity index (χ3n) is 4.36. The van der Waals surface area contributed by atoms with E-state index in [-0.39, 0.29) is 29.6 Å². The monoisotopic (exact) mass is 398 g/mol. The van der Waals surface area contributed by atoms with Crippen LogP contribution in [-0.4, -0.2) is 83.6 Å². The van der Waals surface area contributed by atoms with E-state index in [4.69, 9.17) is 4.74 Å². The van der Waals surface area contributed by atoms with Gasteiger partial charge in [0.05, 0.1) is 35.0 Å². The quantitative estimate of drug-likeness (QED) is 0.771. The van der Waals surface area contributed by atoms with E-state index in [1.54, 1.807) is 12.1 Å². The Morgan fingerprint density at radius 1 is 1.19 bits per heavy atom. The molecule has 1 heterocycles. The lowest BCUT2D eigenvalue weighted by Crippen LogP contribution is -2.48. The van der Waals surface area contributed by atoms with E-state index in [9.17, 15) is 13.2 Å². The number of hydrogen-bond donors (Lipinski definition) is 1. The summed E-state index contributed by atoms with van der Waals surface area (Å²) in [5.41, 5.74) is 1.21. The van der Waals surface area contributed by atoms with Crippen LogP contribution < -0.4 is 10.2 Å². The third kappa shape index (κ3) is 5.41. The van der Waals surface area contributed by atoms with Gasteiger partial charge in [-0.2, -0.15) is 0 Å². The number of amides is 1. The molecule has 2 atom stereocenters. The molecular weight excluding hydrogens is 368 g/mol. The number of carbonyl (C=O) groups is 1. The third-order valence-corrected chi connectivity index (χ3v) is 6.18. The maximum absolute atomic E-state index is 12.6. The average Bonchev–Trinajstić information content (AvgIpc) is 2.53. The van der Waals surface area contributed by atoms with Gasteiger partial charge in [0.15, 0.2) is 0 Å². The highest BCUT2D eigenvalue weighted by Gasteiger charge is 2.25. The fourth-order valence-electron chi connectivity index (χ4n) is 3.18. The zero-order chi connectivity index (χ0) is 20.4. The Bertz CT molecular complexity index is 770. The number of sulfonamides is 1. The summed E-state index contributed by atoms with van der Waals surface area (Å²) in [4.78, 5) is 16.6. The first-order valence-electron chi connectivity index (χ1n) is 8.92. The molecular formula is C18H30N4O4S. The standard InChI is InChI=1S/C18H30N4O4S/c1-13-10-22(11-14(2)26-13)12-18(23)19-16-9-15(27(24,25)21(5)6)7-8-17(16)20(3)4/h7-9,13-14H,10-12H2,1-6H3,(H,19,23). The molecule has 1 fully saturated rings. The number of rotatable bonds is 6. The van der Waals surface area contributed by atoms with E-state index in [1.807, 2.05) is 37.7 Å². The van der Waals surface area contributed by atoms with Gasteiger partial charge in [0.25, 0.3) is 0 Å². The van der Waals surface area contributed by atoms with Crippen LogP contribution in [0, 0.1) is 0 Å². The molecule has 1 aromatic carbocycles. The van der Waals surface area contributed by atoms with E-state index >= 15 is 0 Å². The molecule has 0 spiro atoms.